The van der Waals surface area contributed by atoms with Crippen LogP contribution in [0.25, 0.3) is 0 Å². The number of nitrogens with one attached hydrogen (secondary N) is 2. The third kappa shape index (κ3) is 3.28. The molecule has 1 heterocycles. The second-order valence-electron chi connectivity index (χ2n) is 4.68. The van der Waals surface area contributed by atoms with Crippen LogP contribution in [0.5, 0.6) is 0 Å². The van der Waals surface area contributed by atoms with Gasteiger partial charge >= 0.3 is 0 Å². The lowest BCUT2D eigenvalue weighted by Crippen LogP contribution is -2.18. The molecule has 0 aromatic carbocycles. The highest BCUT2D eigenvalue weighted by Crippen LogP contribution is 2.46. The zero-order valence-electron chi connectivity index (χ0n) is 11.4. The monoisotopic (exact) mass is 266 g/mol. The minimum atomic E-state index is 0.454. The summed E-state index contributed by atoms with van der Waals surface area (Å²) < 4.78 is 0.454. The van der Waals surface area contributed by atoms with Crippen LogP contribution in [0.15, 0.2) is 6.07 Å². The van der Waals surface area contributed by atoms with Gasteiger partial charge in [0, 0.05) is 30.3 Å². The zero-order valence-corrected chi connectivity index (χ0v) is 12.2. The summed E-state index contributed by atoms with van der Waals surface area (Å²) in [6, 6.07) is 2.00. The number of aromatic nitrogens is 2. The van der Waals surface area contributed by atoms with Gasteiger partial charge in [-0.3, -0.25) is 0 Å². The van der Waals surface area contributed by atoms with Crippen LogP contribution in [-0.4, -0.2) is 34.1 Å². The topological polar surface area (TPSA) is 49.8 Å². The molecule has 0 aliphatic heterocycles. The molecule has 5 heteroatoms. The van der Waals surface area contributed by atoms with E-state index in [2.05, 4.69) is 40.7 Å². The summed E-state index contributed by atoms with van der Waals surface area (Å²) in [6.07, 6.45) is 5.68. The summed E-state index contributed by atoms with van der Waals surface area (Å²) in [6.45, 7) is 6.04. The van der Waals surface area contributed by atoms with Crippen LogP contribution in [0, 0.1) is 0 Å². The van der Waals surface area contributed by atoms with E-state index in [1.807, 2.05) is 17.8 Å². The van der Waals surface area contributed by atoms with Crippen molar-refractivity contribution in [3.63, 3.8) is 0 Å². The van der Waals surface area contributed by atoms with E-state index >= 15 is 0 Å². The van der Waals surface area contributed by atoms with E-state index in [1.54, 1.807) is 0 Å². The maximum absolute atomic E-state index is 4.53. The molecule has 0 atom stereocenters. The minimum Gasteiger partial charge on any atom is -0.370 e. The van der Waals surface area contributed by atoms with Gasteiger partial charge in [0.25, 0.3) is 0 Å². The number of rotatable bonds is 7. The largest absolute Gasteiger partial charge is 0.370 e. The molecule has 1 aromatic rings. The fraction of sp³-hybridized carbons (Fsp3) is 0.692. The minimum absolute atomic E-state index is 0.454. The third-order valence-electron chi connectivity index (χ3n) is 3.28. The van der Waals surface area contributed by atoms with Crippen molar-refractivity contribution in [2.75, 3.05) is 30.0 Å². The van der Waals surface area contributed by atoms with E-state index in [0.717, 1.165) is 37.0 Å². The smallest absolute Gasteiger partial charge is 0.132 e. The van der Waals surface area contributed by atoms with Crippen LogP contribution in [0.4, 0.5) is 11.6 Å². The molecule has 0 unspecified atom stereocenters. The van der Waals surface area contributed by atoms with Crippen molar-refractivity contribution in [1.29, 1.82) is 0 Å². The molecule has 1 saturated carbocycles. The zero-order chi connectivity index (χ0) is 13.0. The molecule has 1 aliphatic carbocycles. The Morgan fingerprint density at radius 3 is 2.39 bits per heavy atom. The average Bonchev–Trinajstić information content (AvgIpc) is 3.17. The third-order valence-corrected chi connectivity index (χ3v) is 4.70. The summed E-state index contributed by atoms with van der Waals surface area (Å²) >= 11 is 1.96. The van der Waals surface area contributed by atoms with E-state index in [1.165, 1.54) is 12.8 Å². The SMILES string of the molecule is CCNc1cc(NCC2(SC)CC2)nc(CC)n1. The molecule has 1 aromatic heterocycles. The lowest BCUT2D eigenvalue weighted by molar-refractivity contribution is 0.904. The molecule has 18 heavy (non-hydrogen) atoms. The summed E-state index contributed by atoms with van der Waals surface area (Å²) in [4.78, 5) is 8.98. The van der Waals surface area contributed by atoms with Crippen molar-refractivity contribution in [2.24, 2.45) is 0 Å². The molecule has 2 rings (SSSR count). The molecule has 0 saturated heterocycles. The highest BCUT2D eigenvalue weighted by molar-refractivity contribution is 8.00. The fourth-order valence-corrected chi connectivity index (χ4v) is 2.59. The van der Waals surface area contributed by atoms with Crippen LogP contribution < -0.4 is 10.6 Å². The second-order valence-corrected chi connectivity index (χ2v) is 5.95. The number of hydrogen-bond donors (Lipinski definition) is 2. The molecule has 100 valence electrons. The maximum Gasteiger partial charge on any atom is 0.132 e. The van der Waals surface area contributed by atoms with Crippen LogP contribution in [0.1, 0.15) is 32.5 Å². The van der Waals surface area contributed by atoms with Gasteiger partial charge in [-0.25, -0.2) is 9.97 Å². The van der Waals surface area contributed by atoms with Crippen LogP contribution >= 0.6 is 11.8 Å². The Morgan fingerprint density at radius 1 is 1.22 bits per heavy atom. The second kappa shape index (κ2) is 5.78. The number of anilines is 2. The number of nitrogens with zero attached hydrogens (tertiary/aromatic N) is 2. The van der Waals surface area contributed by atoms with Gasteiger partial charge < -0.3 is 10.6 Å². The lowest BCUT2D eigenvalue weighted by Gasteiger charge is -2.15. The fourth-order valence-electron chi connectivity index (χ4n) is 1.86. The summed E-state index contributed by atoms with van der Waals surface area (Å²) in [5, 5.41) is 6.71. The van der Waals surface area contributed by atoms with Gasteiger partial charge in [-0.05, 0) is 26.0 Å². The first-order chi connectivity index (χ1) is 8.71. The van der Waals surface area contributed by atoms with E-state index in [0.29, 0.717) is 4.75 Å². The van der Waals surface area contributed by atoms with Crippen molar-refractivity contribution in [3.05, 3.63) is 11.9 Å². The van der Waals surface area contributed by atoms with E-state index in [9.17, 15) is 0 Å². The Hall–Kier alpha value is -0.970. The molecule has 1 fully saturated rings. The quantitative estimate of drug-likeness (QED) is 0.795. The van der Waals surface area contributed by atoms with Crippen molar-refractivity contribution in [2.45, 2.75) is 37.9 Å². The Kier molecular flexibility index (Phi) is 4.32. The first-order valence-corrected chi connectivity index (χ1v) is 7.84. The summed E-state index contributed by atoms with van der Waals surface area (Å²) in [5.41, 5.74) is 0. The van der Waals surface area contributed by atoms with Gasteiger partial charge in [-0.15, -0.1) is 0 Å². The van der Waals surface area contributed by atoms with Crippen molar-refractivity contribution < 1.29 is 0 Å². The van der Waals surface area contributed by atoms with Gasteiger partial charge in [0.2, 0.25) is 0 Å². The van der Waals surface area contributed by atoms with Crippen molar-refractivity contribution in [3.8, 4) is 0 Å². The summed E-state index contributed by atoms with van der Waals surface area (Å²) in [5.74, 6) is 2.75. The van der Waals surface area contributed by atoms with Gasteiger partial charge in [-0.1, -0.05) is 6.92 Å². The van der Waals surface area contributed by atoms with Gasteiger partial charge in [0.1, 0.15) is 17.5 Å². The molecule has 1 aliphatic rings. The Balaban J connectivity index is 2.04. The van der Waals surface area contributed by atoms with E-state index < -0.39 is 0 Å². The van der Waals surface area contributed by atoms with Crippen LogP contribution in [0.2, 0.25) is 0 Å². The van der Waals surface area contributed by atoms with Gasteiger partial charge in [0.15, 0.2) is 0 Å². The molecule has 0 radical (unpaired) electrons. The van der Waals surface area contributed by atoms with Gasteiger partial charge in [-0.2, -0.15) is 11.8 Å². The molecular weight excluding hydrogens is 244 g/mol. The maximum atomic E-state index is 4.53. The van der Waals surface area contributed by atoms with E-state index in [4.69, 9.17) is 0 Å². The number of aryl methyl sites for hydroxylation is 1. The Labute approximate surface area is 113 Å². The van der Waals surface area contributed by atoms with Gasteiger partial charge in [0.05, 0.1) is 0 Å². The Morgan fingerprint density at radius 2 is 1.89 bits per heavy atom. The predicted octanol–water partition coefficient (Wildman–Crippen LogP) is 2.78. The number of hydrogen-bond acceptors (Lipinski definition) is 5. The highest BCUT2D eigenvalue weighted by atomic mass is 32.2. The normalized spacial score (nSPS) is 16.4. The predicted molar refractivity (Wildman–Crippen MR) is 79.5 cm³/mol. The molecular formula is C13H22N4S. The Bertz CT molecular complexity index is 404. The summed E-state index contributed by atoms with van der Waals surface area (Å²) in [7, 11) is 0. The molecule has 0 spiro atoms. The molecule has 4 nitrogen and oxygen atoms in total. The standard InChI is InChI=1S/C13H22N4S/c1-4-10-16-11(14-5-2)8-12(17-10)15-9-13(18-3)6-7-13/h8H,4-7,9H2,1-3H3,(H2,14,15,16,17). The first kappa shape index (κ1) is 13.5. The van der Waals surface area contributed by atoms with E-state index in [-0.39, 0.29) is 0 Å². The van der Waals surface area contributed by atoms with Crippen molar-refractivity contribution in [1.82, 2.24) is 9.97 Å². The molecule has 0 bridgehead atoms. The van der Waals surface area contributed by atoms with Crippen LogP contribution in [-0.2, 0) is 6.42 Å². The van der Waals surface area contributed by atoms with Crippen molar-refractivity contribution >= 4 is 23.4 Å². The lowest BCUT2D eigenvalue weighted by atomic mass is 10.3. The molecule has 0 amide bonds. The average molecular weight is 266 g/mol. The highest BCUT2D eigenvalue weighted by Gasteiger charge is 2.41. The number of thioether (sulfide) groups is 1. The first-order valence-electron chi connectivity index (χ1n) is 6.62. The van der Waals surface area contributed by atoms with Crippen LogP contribution in [0.3, 0.4) is 0 Å². The molecule has 2 N–H and O–H groups in total.